The summed E-state index contributed by atoms with van der Waals surface area (Å²) >= 11 is 1.35. The maximum absolute atomic E-state index is 11.2. The van der Waals surface area contributed by atoms with Gasteiger partial charge in [-0.3, -0.25) is 9.56 Å². The summed E-state index contributed by atoms with van der Waals surface area (Å²) in [5, 5.41) is 19.9. The minimum Gasteiger partial charge on any atom is -0.493 e. The van der Waals surface area contributed by atoms with Crippen LogP contribution >= 0.6 is 11.3 Å². The van der Waals surface area contributed by atoms with Crippen molar-refractivity contribution in [1.82, 2.24) is 4.57 Å². The number of carbonyl (C=O) groups is 1. The van der Waals surface area contributed by atoms with Crippen molar-refractivity contribution in [2.45, 2.75) is 20.4 Å². The van der Waals surface area contributed by atoms with Crippen LogP contribution in [0, 0.1) is 0 Å². The number of carboxylic acids is 1. The second-order valence-electron chi connectivity index (χ2n) is 6.56. The topological polar surface area (TPSA) is 87.2 Å². The number of aromatic nitrogens is 1. The molecule has 0 atom stereocenters. The Morgan fingerprint density at radius 1 is 1.24 bits per heavy atom. The molecular formula is C22H19N3O3S. The Morgan fingerprint density at radius 3 is 2.79 bits per heavy atom. The molecule has 146 valence electrons. The van der Waals surface area contributed by atoms with E-state index in [-0.39, 0.29) is 11.4 Å². The Bertz CT molecular complexity index is 1250. The van der Waals surface area contributed by atoms with Crippen LogP contribution in [-0.4, -0.2) is 26.5 Å². The van der Waals surface area contributed by atoms with Crippen molar-refractivity contribution >= 4 is 46.0 Å². The number of hydrogen-bond donors (Lipinski definition) is 2. The van der Waals surface area contributed by atoms with Crippen LogP contribution in [0.15, 0.2) is 58.5 Å². The fourth-order valence-electron chi connectivity index (χ4n) is 3.25. The molecule has 6 nitrogen and oxygen atoms in total. The van der Waals surface area contributed by atoms with Crippen molar-refractivity contribution in [3.05, 3.63) is 69.3 Å². The third-order valence-corrected chi connectivity index (χ3v) is 5.70. The molecular weight excluding hydrogens is 386 g/mol. The number of carboxylic acid groups (broad SMARTS) is 1. The molecule has 0 saturated carbocycles. The molecule has 2 N–H and O–H groups in total. The highest BCUT2D eigenvalue weighted by molar-refractivity contribution is 7.10. The summed E-state index contributed by atoms with van der Waals surface area (Å²) in [6.07, 6.45) is 1.93. The molecule has 1 aliphatic heterocycles. The summed E-state index contributed by atoms with van der Waals surface area (Å²) in [4.78, 5) is 21.6. The molecule has 0 saturated heterocycles. The average Bonchev–Trinajstić information content (AvgIpc) is 3.18. The van der Waals surface area contributed by atoms with Gasteiger partial charge < -0.3 is 10.2 Å². The number of hydrogen-bond acceptors (Lipinski definition) is 5. The summed E-state index contributed by atoms with van der Waals surface area (Å²) in [7, 11) is 0. The second-order valence-corrected chi connectivity index (χ2v) is 7.57. The van der Waals surface area contributed by atoms with Gasteiger partial charge in [-0.15, -0.1) is 0 Å². The van der Waals surface area contributed by atoms with E-state index >= 15 is 0 Å². The first kappa shape index (κ1) is 18.9. The molecule has 7 heteroatoms. The Hall–Kier alpha value is -3.45. The number of fused-ring (bicyclic) bond motifs is 1. The predicted molar refractivity (Wildman–Crippen MR) is 115 cm³/mol. The van der Waals surface area contributed by atoms with Gasteiger partial charge in [0.2, 0.25) is 5.88 Å². The number of thiazole rings is 1. The quantitative estimate of drug-likeness (QED) is 0.650. The van der Waals surface area contributed by atoms with Gasteiger partial charge in [-0.2, -0.15) is 0 Å². The van der Waals surface area contributed by atoms with Gasteiger partial charge in [-0.1, -0.05) is 35.6 Å². The fraction of sp³-hybridized carbons (Fsp3) is 0.136. The van der Waals surface area contributed by atoms with Crippen molar-refractivity contribution < 1.29 is 15.0 Å². The number of nitrogens with zero attached hydrogens (tertiary/aromatic N) is 3. The molecule has 0 fully saturated rings. The number of aliphatic imine (C=N–C) groups is 1. The van der Waals surface area contributed by atoms with Gasteiger partial charge in [0.1, 0.15) is 0 Å². The number of allylic oxidation sites excluding steroid dienone is 1. The minimum absolute atomic E-state index is 0.135. The molecule has 2 aromatic carbocycles. The molecule has 0 amide bonds. The summed E-state index contributed by atoms with van der Waals surface area (Å²) in [6, 6.07) is 14.3. The summed E-state index contributed by atoms with van der Waals surface area (Å²) in [5.41, 5.74) is 4.53. The van der Waals surface area contributed by atoms with Crippen molar-refractivity contribution in [1.29, 1.82) is 0 Å². The lowest BCUT2D eigenvalue weighted by Gasteiger charge is -2.02. The number of rotatable bonds is 4. The summed E-state index contributed by atoms with van der Waals surface area (Å²) in [5.74, 6) is -0.866. The first-order valence-corrected chi connectivity index (χ1v) is 9.97. The zero-order chi connectivity index (χ0) is 20.5. The van der Waals surface area contributed by atoms with Crippen LogP contribution in [0.4, 0.5) is 11.4 Å². The van der Waals surface area contributed by atoms with Crippen LogP contribution in [0.1, 0.15) is 34.6 Å². The number of aromatic hydroxyl groups is 1. The zero-order valence-electron chi connectivity index (χ0n) is 16.0. The monoisotopic (exact) mass is 405 g/mol. The van der Waals surface area contributed by atoms with Crippen LogP contribution in [0.3, 0.4) is 0 Å². The van der Waals surface area contributed by atoms with E-state index < -0.39 is 5.97 Å². The van der Waals surface area contributed by atoms with Crippen molar-refractivity contribution in [3.63, 3.8) is 0 Å². The van der Waals surface area contributed by atoms with E-state index in [1.807, 2.05) is 44.2 Å². The number of benzene rings is 2. The predicted octanol–water partition coefficient (Wildman–Crippen LogP) is 4.85. The maximum Gasteiger partial charge on any atom is 0.335 e. The summed E-state index contributed by atoms with van der Waals surface area (Å²) < 4.78 is 1.71. The molecule has 0 spiro atoms. The third kappa shape index (κ3) is 3.52. The largest absolute Gasteiger partial charge is 0.493 e. The molecule has 0 radical (unpaired) electrons. The molecule has 0 unspecified atom stereocenters. The van der Waals surface area contributed by atoms with Gasteiger partial charge in [0, 0.05) is 23.4 Å². The normalized spacial score (nSPS) is 14.9. The van der Waals surface area contributed by atoms with Crippen LogP contribution in [-0.2, 0) is 6.54 Å². The SMILES string of the molecule is CCn1c(O)c(/C=C2\C(C)=Nc3ccccc32)sc1=Nc1cccc(C(=O)O)c1. The van der Waals surface area contributed by atoms with E-state index in [1.54, 1.807) is 16.7 Å². The van der Waals surface area contributed by atoms with E-state index in [4.69, 9.17) is 0 Å². The molecule has 0 aliphatic carbocycles. The Kier molecular flexibility index (Phi) is 4.90. The molecule has 0 bridgehead atoms. The smallest absolute Gasteiger partial charge is 0.335 e. The standard InChI is InChI=1S/C22H19N3O3S/c1-3-25-20(26)19(12-17-13(2)23-18-10-5-4-9-16(17)18)29-22(25)24-15-8-6-7-14(11-15)21(27)28/h4-12,26H,3H2,1-2H3,(H,27,28)/b17-12+,24-22?. The molecule has 4 rings (SSSR count). The van der Waals surface area contributed by atoms with Crippen molar-refractivity contribution in [2.24, 2.45) is 9.98 Å². The first-order valence-electron chi connectivity index (χ1n) is 9.15. The number of para-hydroxylation sites is 1. The zero-order valence-corrected chi connectivity index (χ0v) is 16.8. The van der Waals surface area contributed by atoms with Gasteiger partial charge in [-0.25, -0.2) is 9.79 Å². The summed E-state index contributed by atoms with van der Waals surface area (Å²) in [6.45, 7) is 4.41. The minimum atomic E-state index is -1.00. The maximum atomic E-state index is 11.2. The molecule has 2 heterocycles. The van der Waals surface area contributed by atoms with Crippen LogP contribution < -0.4 is 4.80 Å². The van der Waals surface area contributed by atoms with Crippen LogP contribution in [0.25, 0.3) is 11.6 Å². The Morgan fingerprint density at radius 2 is 2.03 bits per heavy atom. The highest BCUT2D eigenvalue weighted by atomic mass is 32.1. The lowest BCUT2D eigenvalue weighted by atomic mass is 10.0. The molecule has 3 aromatic rings. The second kappa shape index (κ2) is 7.52. The van der Waals surface area contributed by atoms with Gasteiger partial charge >= 0.3 is 5.97 Å². The lowest BCUT2D eigenvalue weighted by molar-refractivity contribution is 0.0697. The Balaban J connectivity index is 1.83. The van der Waals surface area contributed by atoms with Gasteiger partial charge in [0.25, 0.3) is 0 Å². The van der Waals surface area contributed by atoms with E-state index in [0.717, 1.165) is 22.5 Å². The van der Waals surface area contributed by atoms with E-state index in [2.05, 4.69) is 9.98 Å². The highest BCUT2D eigenvalue weighted by Gasteiger charge is 2.19. The molecule has 29 heavy (non-hydrogen) atoms. The van der Waals surface area contributed by atoms with Crippen LogP contribution in [0.5, 0.6) is 5.88 Å². The molecule has 1 aliphatic rings. The Labute approximate surface area is 171 Å². The van der Waals surface area contributed by atoms with Gasteiger partial charge in [-0.05, 0) is 44.2 Å². The van der Waals surface area contributed by atoms with E-state index in [0.29, 0.717) is 21.9 Å². The van der Waals surface area contributed by atoms with Gasteiger partial charge in [0.15, 0.2) is 4.80 Å². The third-order valence-electron chi connectivity index (χ3n) is 4.69. The number of aromatic carboxylic acids is 1. The van der Waals surface area contributed by atoms with Crippen molar-refractivity contribution in [2.75, 3.05) is 0 Å². The van der Waals surface area contributed by atoms with E-state index in [1.165, 1.54) is 23.5 Å². The van der Waals surface area contributed by atoms with Crippen LogP contribution in [0.2, 0.25) is 0 Å². The molecule has 1 aromatic heterocycles. The lowest BCUT2D eigenvalue weighted by Crippen LogP contribution is -2.12. The van der Waals surface area contributed by atoms with Crippen molar-refractivity contribution in [3.8, 4) is 5.88 Å². The average molecular weight is 405 g/mol. The first-order chi connectivity index (χ1) is 14.0. The fourth-order valence-corrected chi connectivity index (χ4v) is 4.30. The highest BCUT2D eigenvalue weighted by Crippen LogP contribution is 2.37. The van der Waals surface area contributed by atoms with E-state index in [9.17, 15) is 15.0 Å². The van der Waals surface area contributed by atoms with Gasteiger partial charge in [0.05, 0.1) is 21.8 Å².